The molecule has 86 valence electrons. The zero-order valence-corrected chi connectivity index (χ0v) is 12.5. The van der Waals surface area contributed by atoms with Gasteiger partial charge in [0, 0.05) is 23.5 Å². The zero-order chi connectivity index (χ0) is 11.7. The lowest BCUT2D eigenvalue weighted by Gasteiger charge is -2.17. The van der Waals surface area contributed by atoms with Crippen molar-refractivity contribution in [1.29, 1.82) is 0 Å². The molecule has 0 spiro atoms. The van der Waals surface area contributed by atoms with Crippen LogP contribution in [0.3, 0.4) is 0 Å². The Bertz CT molecular complexity index is 424. The molecule has 1 atom stereocenters. The Labute approximate surface area is 116 Å². The molecule has 16 heavy (non-hydrogen) atoms. The van der Waals surface area contributed by atoms with Gasteiger partial charge in [0.05, 0.1) is 10.7 Å². The minimum atomic E-state index is 0.169. The fourth-order valence-electron chi connectivity index (χ4n) is 1.74. The van der Waals surface area contributed by atoms with Crippen molar-refractivity contribution >= 4 is 50.1 Å². The molecule has 3 nitrogen and oxygen atoms in total. The molecule has 5 heteroatoms. The van der Waals surface area contributed by atoms with Crippen molar-refractivity contribution in [2.24, 2.45) is 0 Å². The van der Waals surface area contributed by atoms with Crippen molar-refractivity contribution in [3.63, 3.8) is 0 Å². The van der Waals surface area contributed by atoms with Gasteiger partial charge in [0.1, 0.15) is 5.75 Å². The van der Waals surface area contributed by atoms with Crippen molar-refractivity contribution in [3.05, 3.63) is 21.8 Å². The van der Waals surface area contributed by atoms with Gasteiger partial charge in [0.15, 0.2) is 0 Å². The van der Waals surface area contributed by atoms with Crippen LogP contribution in [-0.4, -0.2) is 24.4 Å². The van der Waals surface area contributed by atoms with Crippen LogP contribution in [0.15, 0.2) is 18.2 Å². The number of nitrogens with zero attached hydrogens (tertiary/aromatic N) is 1. The van der Waals surface area contributed by atoms with Crippen molar-refractivity contribution in [1.82, 2.24) is 0 Å². The first-order valence-corrected chi connectivity index (χ1v) is 6.89. The molecule has 1 saturated heterocycles. The topological polar surface area (TPSA) is 29.5 Å². The van der Waals surface area contributed by atoms with Gasteiger partial charge in [-0.2, -0.15) is 0 Å². The number of carbonyl (C=O) groups is 1. The van der Waals surface area contributed by atoms with Crippen LogP contribution >= 0.6 is 38.5 Å². The van der Waals surface area contributed by atoms with E-state index in [1.165, 1.54) is 0 Å². The lowest BCUT2D eigenvalue weighted by molar-refractivity contribution is -0.117. The van der Waals surface area contributed by atoms with Crippen LogP contribution < -0.4 is 9.64 Å². The summed E-state index contributed by atoms with van der Waals surface area (Å²) in [6.45, 7) is 0.737. The Morgan fingerprint density at radius 1 is 1.56 bits per heavy atom. The van der Waals surface area contributed by atoms with Crippen LogP contribution in [0.5, 0.6) is 5.75 Å². The van der Waals surface area contributed by atoms with Gasteiger partial charge in [-0.1, -0.05) is 15.9 Å². The second-order valence-electron chi connectivity index (χ2n) is 3.62. The standard InChI is InChI=1S/C11H11BrINO2/c1-16-10-3-2-8(5-9(10)13)14-6-7(12)4-11(14)15/h2-3,5,7H,4,6H2,1H3. The molecule has 0 bridgehead atoms. The molecule has 1 aromatic carbocycles. The summed E-state index contributed by atoms with van der Waals surface area (Å²) >= 11 is 5.68. The summed E-state index contributed by atoms with van der Waals surface area (Å²) in [5.41, 5.74) is 0.942. The molecule has 2 rings (SSSR count). The predicted octanol–water partition coefficient (Wildman–Crippen LogP) is 2.80. The highest BCUT2D eigenvalue weighted by atomic mass is 127. The smallest absolute Gasteiger partial charge is 0.228 e. The van der Waals surface area contributed by atoms with Gasteiger partial charge in [-0.15, -0.1) is 0 Å². The number of amides is 1. The van der Waals surface area contributed by atoms with Crippen LogP contribution in [-0.2, 0) is 4.79 Å². The fourth-order valence-corrected chi connectivity index (χ4v) is 3.02. The van der Waals surface area contributed by atoms with Crippen LogP contribution in [0.1, 0.15) is 6.42 Å². The van der Waals surface area contributed by atoms with E-state index in [0.29, 0.717) is 6.42 Å². The summed E-state index contributed by atoms with van der Waals surface area (Å²) < 4.78 is 6.21. The van der Waals surface area contributed by atoms with Gasteiger partial charge in [-0.3, -0.25) is 4.79 Å². The Kier molecular flexibility index (Phi) is 3.73. The second kappa shape index (κ2) is 4.91. The molecule has 0 saturated carbocycles. The molecular formula is C11H11BrINO2. The number of anilines is 1. The molecular weight excluding hydrogens is 385 g/mol. The number of ether oxygens (including phenoxy) is 1. The lowest BCUT2D eigenvalue weighted by atomic mass is 10.3. The van der Waals surface area contributed by atoms with E-state index in [4.69, 9.17) is 4.74 Å². The van der Waals surface area contributed by atoms with E-state index >= 15 is 0 Å². The molecule has 1 aliphatic heterocycles. The molecule has 0 aromatic heterocycles. The highest BCUT2D eigenvalue weighted by Gasteiger charge is 2.28. The van der Waals surface area contributed by atoms with Gasteiger partial charge in [0.25, 0.3) is 0 Å². The average molecular weight is 396 g/mol. The Hall–Kier alpha value is -0.300. The maximum Gasteiger partial charge on any atom is 0.228 e. The Morgan fingerprint density at radius 3 is 2.81 bits per heavy atom. The number of halogens is 2. The molecule has 1 fully saturated rings. The van der Waals surface area contributed by atoms with Crippen LogP contribution in [0.25, 0.3) is 0 Å². The van der Waals surface area contributed by atoms with Crippen molar-refractivity contribution < 1.29 is 9.53 Å². The van der Waals surface area contributed by atoms with Crippen molar-refractivity contribution in [2.45, 2.75) is 11.2 Å². The van der Waals surface area contributed by atoms with Crippen LogP contribution in [0.4, 0.5) is 5.69 Å². The average Bonchev–Trinajstić information content (AvgIpc) is 2.58. The third kappa shape index (κ3) is 2.34. The van der Waals surface area contributed by atoms with E-state index in [-0.39, 0.29) is 10.7 Å². The van der Waals surface area contributed by atoms with Crippen molar-refractivity contribution in [3.8, 4) is 5.75 Å². The highest BCUT2D eigenvalue weighted by molar-refractivity contribution is 14.1. The van der Waals surface area contributed by atoms with E-state index in [1.54, 1.807) is 12.0 Å². The summed E-state index contributed by atoms with van der Waals surface area (Å²) in [6.07, 6.45) is 0.572. The molecule has 0 aliphatic carbocycles. The van der Waals surface area contributed by atoms with Gasteiger partial charge in [-0.05, 0) is 40.8 Å². The summed E-state index contributed by atoms with van der Waals surface area (Å²) in [4.78, 5) is 13.8. The first kappa shape index (κ1) is 12.2. The maximum atomic E-state index is 11.7. The summed E-state index contributed by atoms with van der Waals surface area (Å²) in [7, 11) is 1.65. The van der Waals surface area contributed by atoms with Gasteiger partial charge >= 0.3 is 0 Å². The van der Waals surface area contributed by atoms with Crippen LogP contribution in [0.2, 0.25) is 0 Å². The molecule has 1 heterocycles. The van der Waals surface area contributed by atoms with E-state index in [0.717, 1.165) is 21.6 Å². The molecule has 1 aromatic rings. The second-order valence-corrected chi connectivity index (χ2v) is 6.08. The number of benzene rings is 1. The van der Waals surface area contributed by atoms with Crippen molar-refractivity contribution in [2.75, 3.05) is 18.6 Å². The molecule has 1 amide bonds. The SMILES string of the molecule is COc1ccc(N2CC(Br)CC2=O)cc1I. The lowest BCUT2D eigenvalue weighted by Crippen LogP contribution is -2.24. The number of alkyl halides is 1. The molecule has 0 N–H and O–H groups in total. The van der Waals surface area contributed by atoms with E-state index in [2.05, 4.69) is 38.5 Å². The number of methoxy groups -OCH3 is 1. The molecule has 1 aliphatic rings. The Balaban J connectivity index is 2.28. The first-order valence-electron chi connectivity index (χ1n) is 4.90. The monoisotopic (exact) mass is 395 g/mol. The predicted molar refractivity (Wildman–Crippen MR) is 75.4 cm³/mol. The number of carbonyl (C=O) groups excluding carboxylic acids is 1. The third-order valence-corrected chi connectivity index (χ3v) is 3.98. The van der Waals surface area contributed by atoms with E-state index in [9.17, 15) is 4.79 Å². The third-order valence-electron chi connectivity index (χ3n) is 2.52. The minimum Gasteiger partial charge on any atom is -0.496 e. The summed E-state index contributed by atoms with van der Waals surface area (Å²) in [5, 5.41) is 0. The largest absolute Gasteiger partial charge is 0.496 e. The minimum absolute atomic E-state index is 0.169. The summed E-state index contributed by atoms with van der Waals surface area (Å²) in [5.74, 6) is 1.01. The number of hydrogen-bond donors (Lipinski definition) is 0. The van der Waals surface area contributed by atoms with Gasteiger partial charge in [-0.25, -0.2) is 0 Å². The quantitative estimate of drug-likeness (QED) is 0.569. The fraction of sp³-hybridized carbons (Fsp3) is 0.364. The molecule has 0 radical (unpaired) electrons. The van der Waals surface area contributed by atoms with Gasteiger partial charge < -0.3 is 9.64 Å². The van der Waals surface area contributed by atoms with Crippen LogP contribution in [0, 0.1) is 3.57 Å². The van der Waals surface area contributed by atoms with E-state index in [1.807, 2.05) is 18.2 Å². The first-order chi connectivity index (χ1) is 7.61. The highest BCUT2D eigenvalue weighted by Crippen LogP contribution is 2.30. The normalized spacial score (nSPS) is 20.3. The maximum absolute atomic E-state index is 11.7. The van der Waals surface area contributed by atoms with E-state index < -0.39 is 0 Å². The van der Waals surface area contributed by atoms with Gasteiger partial charge in [0.2, 0.25) is 5.91 Å². The Morgan fingerprint density at radius 2 is 2.31 bits per heavy atom. The molecule has 1 unspecified atom stereocenters. The summed E-state index contributed by atoms with van der Waals surface area (Å²) in [6, 6.07) is 5.79. The zero-order valence-electron chi connectivity index (χ0n) is 8.74. The number of hydrogen-bond acceptors (Lipinski definition) is 2. The number of rotatable bonds is 2.